The number of para-hydroxylation sites is 2. The second-order valence-corrected chi connectivity index (χ2v) is 14.8. The normalized spacial score (nSPS) is 21.4. The summed E-state index contributed by atoms with van der Waals surface area (Å²) < 4.78 is 34.6. The Morgan fingerprint density at radius 2 is 1.65 bits per heavy atom. The highest BCUT2D eigenvalue weighted by atomic mass is 35.5. The molecular formula is C36H44ClN2O3S+. The third-order valence-electron chi connectivity index (χ3n) is 9.17. The number of hydrogen-bond donors (Lipinski definition) is 1. The molecule has 1 N–H and O–H groups in total. The fraction of sp³-hybridized carbons (Fsp3) is 0.417. The van der Waals surface area contributed by atoms with Crippen LogP contribution in [0.5, 0.6) is 0 Å². The van der Waals surface area contributed by atoms with Crippen molar-refractivity contribution in [1.82, 2.24) is 0 Å². The summed E-state index contributed by atoms with van der Waals surface area (Å²) in [4.78, 5) is 2.19. The van der Waals surface area contributed by atoms with Gasteiger partial charge in [-0.05, 0) is 68.4 Å². The van der Waals surface area contributed by atoms with Gasteiger partial charge in [0, 0.05) is 52.5 Å². The summed E-state index contributed by atoms with van der Waals surface area (Å²) >= 11 is 7.11. The van der Waals surface area contributed by atoms with Crippen molar-refractivity contribution in [3.63, 3.8) is 0 Å². The van der Waals surface area contributed by atoms with Gasteiger partial charge in [0.25, 0.3) is 10.1 Å². The highest BCUT2D eigenvalue weighted by molar-refractivity contribution is 7.85. The summed E-state index contributed by atoms with van der Waals surface area (Å²) in [6.45, 7) is 12.7. The molecule has 0 spiro atoms. The van der Waals surface area contributed by atoms with Crippen molar-refractivity contribution in [2.45, 2.75) is 77.6 Å². The summed E-state index contributed by atoms with van der Waals surface area (Å²) in [5.74, 6) is -0.263. The second kappa shape index (κ2) is 12.2. The average Bonchev–Trinajstić information content (AvgIpc) is 3.30. The Bertz CT molecular complexity index is 1680. The van der Waals surface area contributed by atoms with Crippen LogP contribution in [0.1, 0.15) is 77.8 Å². The molecule has 43 heavy (non-hydrogen) atoms. The van der Waals surface area contributed by atoms with E-state index in [9.17, 15) is 13.0 Å². The molecule has 2 aromatic rings. The van der Waals surface area contributed by atoms with Gasteiger partial charge in [0.1, 0.15) is 6.54 Å². The topological polar surface area (TPSA) is 60.6 Å². The molecule has 0 aromatic heterocycles. The third kappa shape index (κ3) is 6.20. The van der Waals surface area contributed by atoms with E-state index in [1.54, 1.807) is 0 Å². The van der Waals surface area contributed by atoms with Crippen LogP contribution in [0.4, 0.5) is 11.4 Å². The first kappa shape index (κ1) is 31.5. The van der Waals surface area contributed by atoms with Crippen LogP contribution in [-0.2, 0) is 20.9 Å². The predicted molar refractivity (Wildman–Crippen MR) is 179 cm³/mol. The minimum atomic E-state index is -4.02. The Kier molecular flexibility index (Phi) is 8.95. The van der Waals surface area contributed by atoms with Gasteiger partial charge in [0.2, 0.25) is 5.69 Å². The zero-order valence-electron chi connectivity index (χ0n) is 26.0. The monoisotopic (exact) mass is 619 g/mol. The fourth-order valence-corrected chi connectivity index (χ4v) is 7.77. The number of anilines is 1. The lowest BCUT2D eigenvalue weighted by molar-refractivity contribution is -0.437. The van der Waals surface area contributed by atoms with Crippen molar-refractivity contribution in [2.75, 3.05) is 23.7 Å². The number of hydrogen-bond acceptors (Lipinski definition) is 3. The SMILES string of the molecule is CCC[N+]1=C(/C=C/C2=C(Cl)C(=C/C=C3/N(CCCS(=O)(=O)O)c4ccccc4C3(C)C)/CCC2)C(C)(C)c2ccccc21. The van der Waals surface area contributed by atoms with Gasteiger partial charge in [0.15, 0.2) is 5.71 Å². The third-order valence-corrected chi connectivity index (χ3v) is 10.5. The zero-order chi connectivity index (χ0) is 31.0. The van der Waals surface area contributed by atoms with E-state index in [2.05, 4.69) is 105 Å². The molecule has 1 aliphatic carbocycles. The van der Waals surface area contributed by atoms with Crippen LogP contribution >= 0.6 is 11.6 Å². The largest absolute Gasteiger partial charge is 0.344 e. The molecule has 5 nitrogen and oxygen atoms in total. The molecule has 3 aliphatic rings. The molecule has 0 saturated heterocycles. The Morgan fingerprint density at radius 3 is 2.37 bits per heavy atom. The van der Waals surface area contributed by atoms with Gasteiger partial charge in [-0.25, -0.2) is 0 Å². The molecule has 0 bridgehead atoms. The van der Waals surface area contributed by atoms with Gasteiger partial charge in [-0.1, -0.05) is 80.9 Å². The molecule has 0 saturated carbocycles. The molecule has 0 atom stereocenters. The van der Waals surface area contributed by atoms with Crippen LogP contribution in [0, 0.1) is 0 Å². The van der Waals surface area contributed by atoms with Crippen LogP contribution in [-0.4, -0.2) is 42.1 Å². The summed E-state index contributed by atoms with van der Waals surface area (Å²) in [7, 11) is -4.02. The molecule has 2 heterocycles. The number of halogens is 1. The molecule has 0 unspecified atom stereocenters. The smallest absolute Gasteiger partial charge is 0.264 e. The van der Waals surface area contributed by atoms with Crippen LogP contribution in [0.3, 0.4) is 0 Å². The van der Waals surface area contributed by atoms with Crippen molar-refractivity contribution in [1.29, 1.82) is 0 Å². The van der Waals surface area contributed by atoms with Gasteiger partial charge >= 0.3 is 0 Å². The second-order valence-electron chi connectivity index (χ2n) is 12.9. The Morgan fingerprint density at radius 1 is 0.953 bits per heavy atom. The first-order valence-electron chi connectivity index (χ1n) is 15.4. The molecule has 5 rings (SSSR count). The van der Waals surface area contributed by atoms with E-state index in [1.165, 1.54) is 22.5 Å². The van der Waals surface area contributed by atoms with Crippen LogP contribution < -0.4 is 4.90 Å². The summed E-state index contributed by atoms with van der Waals surface area (Å²) in [6, 6.07) is 17.0. The maximum atomic E-state index is 11.4. The molecule has 2 aliphatic heterocycles. The summed E-state index contributed by atoms with van der Waals surface area (Å²) in [5, 5.41) is 0.821. The quantitative estimate of drug-likeness (QED) is 0.226. The van der Waals surface area contributed by atoms with Crippen LogP contribution in [0.2, 0.25) is 0 Å². The van der Waals surface area contributed by atoms with Gasteiger partial charge in [-0.2, -0.15) is 13.0 Å². The Hall–Kier alpha value is -2.93. The Balaban J connectivity index is 1.47. The number of allylic oxidation sites excluding steroid dienone is 8. The number of benzene rings is 2. The molecule has 7 heteroatoms. The molecular weight excluding hydrogens is 576 g/mol. The maximum Gasteiger partial charge on any atom is 0.264 e. The standard InChI is InChI=1S/C36H43ClN2O3S/c1-6-23-38-30-17-9-7-15-28(30)35(2,3)32(38)21-19-26-13-11-14-27(34(26)37)20-22-33-36(4,5)29-16-8-10-18-31(29)39(33)24-12-25-43(40,41)42/h7-10,15-22H,6,11-14,23-25H2,1-5H3/p+1. The highest BCUT2D eigenvalue weighted by Gasteiger charge is 2.44. The van der Waals surface area contributed by atoms with Crippen LogP contribution in [0.15, 0.2) is 94.7 Å². The molecule has 0 amide bonds. The average molecular weight is 620 g/mol. The highest BCUT2D eigenvalue weighted by Crippen LogP contribution is 2.48. The number of fused-ring (bicyclic) bond motifs is 2. The lowest BCUT2D eigenvalue weighted by atomic mass is 9.81. The van der Waals surface area contributed by atoms with E-state index in [4.69, 9.17) is 11.6 Å². The lowest BCUT2D eigenvalue weighted by Crippen LogP contribution is -2.28. The van der Waals surface area contributed by atoms with Gasteiger partial charge in [-0.3, -0.25) is 4.55 Å². The van der Waals surface area contributed by atoms with E-state index >= 15 is 0 Å². The first-order chi connectivity index (χ1) is 20.4. The maximum absolute atomic E-state index is 11.4. The van der Waals surface area contributed by atoms with Gasteiger partial charge in [0.05, 0.1) is 11.2 Å². The van der Waals surface area contributed by atoms with Gasteiger partial charge < -0.3 is 4.90 Å². The zero-order valence-corrected chi connectivity index (χ0v) is 27.6. The lowest BCUT2D eigenvalue weighted by Gasteiger charge is -2.27. The summed E-state index contributed by atoms with van der Waals surface area (Å²) in [6.07, 6.45) is 13.1. The fourth-order valence-electron chi connectivity index (χ4n) is 6.96. The molecule has 2 aromatic carbocycles. The van der Waals surface area contributed by atoms with Gasteiger partial charge in [-0.15, -0.1) is 0 Å². The Labute approximate surface area is 262 Å². The minimum absolute atomic E-state index is 0.0884. The van der Waals surface area contributed by atoms with Crippen molar-refractivity contribution in [3.05, 3.63) is 106 Å². The number of nitrogens with zero attached hydrogens (tertiary/aromatic N) is 2. The van der Waals surface area contributed by atoms with E-state index in [-0.39, 0.29) is 16.6 Å². The minimum Gasteiger partial charge on any atom is -0.344 e. The molecule has 0 radical (unpaired) electrons. The van der Waals surface area contributed by atoms with Crippen LogP contribution in [0.25, 0.3) is 0 Å². The van der Waals surface area contributed by atoms with Crippen molar-refractivity contribution < 1.29 is 17.5 Å². The van der Waals surface area contributed by atoms with Crippen molar-refractivity contribution in [2.24, 2.45) is 0 Å². The number of rotatable bonds is 9. The van der Waals surface area contributed by atoms with E-state index in [0.29, 0.717) is 13.0 Å². The first-order valence-corrected chi connectivity index (χ1v) is 17.4. The van der Waals surface area contributed by atoms with Crippen molar-refractivity contribution in [3.8, 4) is 0 Å². The van der Waals surface area contributed by atoms with Crippen molar-refractivity contribution >= 4 is 38.8 Å². The summed E-state index contributed by atoms with van der Waals surface area (Å²) in [5.41, 5.74) is 9.27. The van der Waals surface area contributed by atoms with E-state index in [0.717, 1.165) is 59.8 Å². The predicted octanol–water partition coefficient (Wildman–Crippen LogP) is 8.59. The van der Waals surface area contributed by atoms with E-state index in [1.807, 2.05) is 12.1 Å². The molecule has 0 fully saturated rings. The van der Waals surface area contributed by atoms with E-state index < -0.39 is 10.1 Å². The molecule has 228 valence electrons.